The van der Waals surface area contributed by atoms with Crippen LogP contribution >= 0.6 is 11.3 Å². The summed E-state index contributed by atoms with van der Waals surface area (Å²) in [6.45, 7) is 5.26. The van der Waals surface area contributed by atoms with Gasteiger partial charge in [-0.2, -0.15) is 4.31 Å². The molecule has 3 atom stereocenters. The summed E-state index contributed by atoms with van der Waals surface area (Å²) >= 11 is 1.34. The van der Waals surface area contributed by atoms with Crippen molar-refractivity contribution in [3.63, 3.8) is 0 Å². The average molecular weight is 576 g/mol. The lowest BCUT2D eigenvalue weighted by Gasteiger charge is -2.34. The lowest BCUT2D eigenvalue weighted by Crippen LogP contribution is -2.48. The molecule has 2 aromatic carbocycles. The number of hydrogen-bond acceptors (Lipinski definition) is 9. The van der Waals surface area contributed by atoms with Crippen molar-refractivity contribution in [3.8, 4) is 11.5 Å². The number of rotatable bonds is 8. The Morgan fingerprint density at radius 1 is 1.08 bits per heavy atom. The van der Waals surface area contributed by atoms with Crippen LogP contribution in [0, 0.1) is 0 Å². The van der Waals surface area contributed by atoms with E-state index < -0.39 is 10.0 Å². The van der Waals surface area contributed by atoms with Crippen molar-refractivity contribution in [2.75, 3.05) is 45.4 Å². The van der Waals surface area contributed by atoms with Crippen LogP contribution in [0.25, 0.3) is 10.2 Å². The molecule has 0 radical (unpaired) electrons. The van der Waals surface area contributed by atoms with Crippen LogP contribution in [-0.4, -0.2) is 82.4 Å². The Morgan fingerprint density at radius 3 is 2.36 bits per heavy atom. The van der Waals surface area contributed by atoms with Crippen molar-refractivity contribution in [1.82, 2.24) is 9.29 Å². The molecule has 3 unspecified atom stereocenters. The molecule has 2 aliphatic rings. The minimum atomic E-state index is -3.72. The summed E-state index contributed by atoms with van der Waals surface area (Å²) in [7, 11) is -0.564. The third kappa shape index (κ3) is 5.62. The van der Waals surface area contributed by atoms with Crippen LogP contribution in [0.15, 0.2) is 41.3 Å². The smallest absolute Gasteiger partial charge is 0.260 e. The van der Waals surface area contributed by atoms with Gasteiger partial charge in [-0.3, -0.25) is 9.69 Å². The van der Waals surface area contributed by atoms with Crippen molar-refractivity contribution in [2.45, 2.75) is 49.9 Å². The fourth-order valence-corrected chi connectivity index (χ4v) is 7.70. The van der Waals surface area contributed by atoms with Crippen LogP contribution in [0.2, 0.25) is 0 Å². The van der Waals surface area contributed by atoms with Gasteiger partial charge in [-0.25, -0.2) is 13.4 Å². The number of aromatic nitrogens is 1. The van der Waals surface area contributed by atoms with Crippen LogP contribution in [0.1, 0.15) is 37.0 Å². The van der Waals surface area contributed by atoms with E-state index in [9.17, 15) is 13.2 Å². The fourth-order valence-electron chi connectivity index (χ4n) is 5.03. The number of sulfonamides is 1. The van der Waals surface area contributed by atoms with Gasteiger partial charge in [0.05, 0.1) is 44.0 Å². The number of nitrogens with zero attached hydrogens (tertiary/aromatic N) is 3. The Balaban J connectivity index is 1.46. The van der Waals surface area contributed by atoms with Crippen LogP contribution < -0.4 is 14.4 Å². The van der Waals surface area contributed by atoms with E-state index in [1.807, 2.05) is 19.9 Å². The maximum absolute atomic E-state index is 13.9. The van der Waals surface area contributed by atoms with E-state index >= 15 is 0 Å². The lowest BCUT2D eigenvalue weighted by atomic mass is 10.2. The Labute approximate surface area is 232 Å². The number of carbonyl (C=O) groups excluding carboxylic acids is 1. The maximum atomic E-state index is 13.9. The van der Waals surface area contributed by atoms with E-state index in [1.54, 1.807) is 37.3 Å². The van der Waals surface area contributed by atoms with E-state index in [0.29, 0.717) is 40.9 Å². The van der Waals surface area contributed by atoms with Gasteiger partial charge in [0, 0.05) is 25.3 Å². The van der Waals surface area contributed by atoms with Crippen LogP contribution in [-0.2, 0) is 19.5 Å². The first-order valence-corrected chi connectivity index (χ1v) is 15.2. The van der Waals surface area contributed by atoms with Gasteiger partial charge >= 0.3 is 0 Å². The summed E-state index contributed by atoms with van der Waals surface area (Å²) in [6.07, 6.45) is 1.27. The van der Waals surface area contributed by atoms with E-state index in [4.69, 9.17) is 23.9 Å². The molecular formula is C27H33N3O7S2. The quantitative estimate of drug-likeness (QED) is 0.398. The first-order valence-electron chi connectivity index (χ1n) is 12.9. The van der Waals surface area contributed by atoms with Gasteiger partial charge in [-0.05, 0) is 63.1 Å². The SMILES string of the molecule is COc1ccc(OC)c2sc(N(CC3CCCO3)C(=O)c3ccc(S(=O)(=O)N4CC(C)OC(C)C4)cc3)nc12. The topological polar surface area (TPSA) is 107 Å². The third-order valence-corrected chi connectivity index (χ3v) is 9.85. The Kier molecular flexibility index (Phi) is 8.11. The van der Waals surface area contributed by atoms with E-state index in [-0.39, 0.29) is 42.2 Å². The molecule has 2 fully saturated rings. The zero-order valence-corrected chi connectivity index (χ0v) is 24.1. The van der Waals surface area contributed by atoms with Gasteiger partial charge < -0.3 is 18.9 Å². The number of morpholine rings is 1. The normalized spacial score (nSPS) is 22.2. The number of ether oxygens (including phenoxy) is 4. The van der Waals surface area contributed by atoms with Crippen LogP contribution in [0.3, 0.4) is 0 Å². The highest BCUT2D eigenvalue weighted by Gasteiger charge is 2.33. The highest BCUT2D eigenvalue weighted by molar-refractivity contribution is 7.89. The zero-order chi connectivity index (χ0) is 27.7. The molecule has 10 nitrogen and oxygen atoms in total. The lowest BCUT2D eigenvalue weighted by molar-refractivity contribution is -0.0440. The van der Waals surface area contributed by atoms with E-state index in [1.165, 1.54) is 27.8 Å². The van der Waals surface area contributed by atoms with Gasteiger partial charge in [0.25, 0.3) is 5.91 Å². The van der Waals surface area contributed by atoms with Gasteiger partial charge in [0.1, 0.15) is 21.7 Å². The van der Waals surface area contributed by atoms with Crippen LogP contribution in [0.5, 0.6) is 11.5 Å². The molecule has 2 aliphatic heterocycles. The molecule has 5 rings (SSSR count). The molecule has 0 N–H and O–H groups in total. The predicted molar refractivity (Wildman–Crippen MR) is 149 cm³/mol. The number of benzene rings is 2. The van der Waals surface area contributed by atoms with Crippen molar-refractivity contribution in [2.24, 2.45) is 0 Å². The molecule has 0 spiro atoms. The second-order valence-corrected chi connectivity index (χ2v) is 12.7. The second kappa shape index (κ2) is 11.4. The maximum Gasteiger partial charge on any atom is 0.260 e. The molecule has 1 aromatic heterocycles. The highest BCUT2D eigenvalue weighted by atomic mass is 32.2. The first-order chi connectivity index (χ1) is 18.7. The third-order valence-electron chi connectivity index (χ3n) is 6.91. The Bertz CT molecular complexity index is 1380. The molecule has 3 aromatic rings. The molecular weight excluding hydrogens is 542 g/mol. The average Bonchev–Trinajstić information content (AvgIpc) is 3.60. The molecule has 0 saturated carbocycles. The summed E-state index contributed by atoms with van der Waals surface area (Å²) in [4.78, 5) is 20.4. The summed E-state index contributed by atoms with van der Waals surface area (Å²) in [5.41, 5.74) is 0.964. The van der Waals surface area contributed by atoms with Crippen molar-refractivity contribution < 1.29 is 32.2 Å². The molecule has 12 heteroatoms. The summed E-state index contributed by atoms with van der Waals surface area (Å²) < 4.78 is 51.3. The largest absolute Gasteiger partial charge is 0.495 e. The highest BCUT2D eigenvalue weighted by Crippen LogP contribution is 2.40. The van der Waals surface area contributed by atoms with Gasteiger partial charge in [-0.15, -0.1) is 0 Å². The van der Waals surface area contributed by atoms with Gasteiger partial charge in [0.2, 0.25) is 10.0 Å². The summed E-state index contributed by atoms with van der Waals surface area (Å²) in [6, 6.07) is 9.68. The molecule has 39 heavy (non-hydrogen) atoms. The molecule has 210 valence electrons. The van der Waals surface area contributed by atoms with E-state index in [0.717, 1.165) is 17.5 Å². The number of anilines is 1. The van der Waals surface area contributed by atoms with Crippen molar-refractivity contribution in [3.05, 3.63) is 42.0 Å². The number of amides is 1. The minimum absolute atomic E-state index is 0.116. The Morgan fingerprint density at radius 2 is 1.74 bits per heavy atom. The fraction of sp³-hybridized carbons (Fsp3) is 0.481. The minimum Gasteiger partial charge on any atom is -0.495 e. The monoisotopic (exact) mass is 575 g/mol. The Hall–Kier alpha value is -2.77. The van der Waals surface area contributed by atoms with Gasteiger partial charge in [-0.1, -0.05) is 11.3 Å². The second-order valence-electron chi connectivity index (χ2n) is 9.80. The first kappa shape index (κ1) is 27.8. The number of thiazole rings is 1. The van der Waals surface area contributed by atoms with Crippen molar-refractivity contribution >= 4 is 42.6 Å². The number of methoxy groups -OCH3 is 2. The number of carbonyl (C=O) groups is 1. The summed E-state index contributed by atoms with van der Waals surface area (Å²) in [5, 5.41) is 0.487. The van der Waals surface area contributed by atoms with E-state index in [2.05, 4.69) is 0 Å². The molecule has 2 saturated heterocycles. The van der Waals surface area contributed by atoms with Crippen LogP contribution in [0.4, 0.5) is 5.13 Å². The summed E-state index contributed by atoms with van der Waals surface area (Å²) in [5.74, 6) is 0.930. The molecule has 3 heterocycles. The number of hydrogen-bond donors (Lipinski definition) is 0. The number of fused-ring (bicyclic) bond motifs is 1. The predicted octanol–water partition coefficient (Wildman–Crippen LogP) is 3.94. The van der Waals surface area contributed by atoms with Crippen molar-refractivity contribution in [1.29, 1.82) is 0 Å². The molecule has 0 aliphatic carbocycles. The molecule has 0 bridgehead atoms. The standard InChI is InChI=1S/C27H33N3O7S2/c1-17-14-29(15-18(2)37-17)39(32,33)21-9-7-19(8-10-21)26(31)30(16-20-6-5-13-36-20)27-28-24-22(34-3)11-12-23(35-4)25(24)38-27/h7-12,17-18,20H,5-6,13-16H2,1-4H3. The van der Waals surface area contributed by atoms with Gasteiger partial charge in [0.15, 0.2) is 5.13 Å². The zero-order valence-electron chi connectivity index (χ0n) is 22.5. The molecule has 1 amide bonds.